The summed E-state index contributed by atoms with van der Waals surface area (Å²) in [4.78, 5) is 41.7. The fourth-order valence-corrected chi connectivity index (χ4v) is 5.00. The number of hydrogen-bond acceptors (Lipinski definition) is 5. The lowest BCUT2D eigenvalue weighted by Crippen LogP contribution is -2.38. The smallest absolute Gasteiger partial charge is 0.270 e. The fraction of sp³-hybridized carbons (Fsp3) is 0.440. The molecule has 2 amide bonds. The zero-order valence-corrected chi connectivity index (χ0v) is 19.4. The minimum atomic E-state index is 0.0436. The third kappa shape index (κ3) is 4.05. The van der Waals surface area contributed by atoms with Crippen molar-refractivity contribution in [3.63, 3.8) is 0 Å². The maximum atomic E-state index is 13.1. The van der Waals surface area contributed by atoms with Crippen LogP contribution in [-0.4, -0.2) is 70.3 Å². The number of fused-ring (bicyclic) bond motifs is 1. The number of aryl methyl sites for hydroxylation is 1. The van der Waals surface area contributed by atoms with E-state index in [1.165, 1.54) is 0 Å². The molecule has 8 nitrogen and oxygen atoms in total. The Bertz CT molecular complexity index is 1210. The van der Waals surface area contributed by atoms with Crippen LogP contribution in [0.2, 0.25) is 0 Å². The number of carbonyl (C=O) groups is 2. The molecule has 0 bridgehead atoms. The third-order valence-corrected chi connectivity index (χ3v) is 7.04. The largest absolute Gasteiger partial charge is 0.373 e. The van der Waals surface area contributed by atoms with Gasteiger partial charge in [-0.1, -0.05) is 12.1 Å². The first-order valence-corrected chi connectivity index (χ1v) is 11.6. The monoisotopic (exact) mass is 446 g/mol. The molecule has 0 spiro atoms. The maximum Gasteiger partial charge on any atom is 0.270 e. The van der Waals surface area contributed by atoms with E-state index in [9.17, 15) is 9.59 Å². The number of likely N-dealkylation sites (N-methyl/N-ethyl adjacent to an activating group) is 1. The highest BCUT2D eigenvalue weighted by atomic mass is 16.2. The molecule has 2 fully saturated rings. The molecule has 8 heteroatoms. The number of hydrogen-bond donors (Lipinski definition) is 2. The van der Waals surface area contributed by atoms with Crippen molar-refractivity contribution in [3.05, 3.63) is 53.1 Å². The number of nitrogens with zero attached hydrogens (tertiary/aromatic N) is 4. The molecular weight excluding hydrogens is 416 g/mol. The first kappa shape index (κ1) is 21.4. The number of nitrogens with one attached hydrogen (secondary N) is 2. The summed E-state index contributed by atoms with van der Waals surface area (Å²) in [6, 6.07) is 9.98. The van der Waals surface area contributed by atoms with Gasteiger partial charge in [-0.3, -0.25) is 9.59 Å². The van der Waals surface area contributed by atoms with E-state index in [1.807, 2.05) is 43.3 Å². The van der Waals surface area contributed by atoms with E-state index >= 15 is 0 Å². The average molecular weight is 447 g/mol. The quantitative estimate of drug-likeness (QED) is 0.642. The fourth-order valence-electron chi connectivity index (χ4n) is 5.00. The molecule has 0 aliphatic carbocycles. The van der Waals surface area contributed by atoms with Crippen molar-refractivity contribution in [2.75, 3.05) is 39.0 Å². The molecule has 1 atom stereocenters. The van der Waals surface area contributed by atoms with Gasteiger partial charge >= 0.3 is 0 Å². The Morgan fingerprint density at radius 3 is 2.61 bits per heavy atom. The molecule has 0 saturated carbocycles. The summed E-state index contributed by atoms with van der Waals surface area (Å²) in [6.07, 6.45) is 2.13. The maximum absolute atomic E-state index is 13.1. The number of anilines is 1. The van der Waals surface area contributed by atoms with Crippen molar-refractivity contribution in [1.29, 1.82) is 0 Å². The zero-order valence-electron chi connectivity index (χ0n) is 19.4. The Kier molecular flexibility index (Phi) is 5.52. The lowest BCUT2D eigenvalue weighted by molar-refractivity contribution is -0.126. The van der Waals surface area contributed by atoms with Crippen LogP contribution in [-0.2, 0) is 4.79 Å². The van der Waals surface area contributed by atoms with E-state index < -0.39 is 0 Å². The van der Waals surface area contributed by atoms with Crippen molar-refractivity contribution in [1.82, 2.24) is 24.8 Å². The topological polar surface area (TPSA) is 94.2 Å². The van der Waals surface area contributed by atoms with Gasteiger partial charge in [0.25, 0.3) is 5.91 Å². The molecule has 5 rings (SSSR count). The number of aromatic nitrogens is 3. The Labute approximate surface area is 193 Å². The summed E-state index contributed by atoms with van der Waals surface area (Å²) in [5, 5.41) is 4.23. The summed E-state index contributed by atoms with van der Waals surface area (Å²) in [5.41, 5.74) is 3.72. The minimum Gasteiger partial charge on any atom is -0.373 e. The van der Waals surface area contributed by atoms with Crippen LogP contribution in [0, 0.1) is 6.92 Å². The SMILES string of the molecule is CNc1cc(C2CC(=O)N(C)C2)nc(C2CCN(C(=O)c3cc4c(C)cccc4[nH]3)CC2)n1. The van der Waals surface area contributed by atoms with Gasteiger partial charge in [0.2, 0.25) is 5.91 Å². The van der Waals surface area contributed by atoms with Crippen LogP contribution in [0.4, 0.5) is 5.82 Å². The highest BCUT2D eigenvalue weighted by molar-refractivity contribution is 5.98. The molecule has 2 aromatic heterocycles. The highest BCUT2D eigenvalue weighted by Crippen LogP contribution is 2.32. The van der Waals surface area contributed by atoms with Gasteiger partial charge < -0.3 is 20.1 Å². The molecule has 1 unspecified atom stereocenters. The van der Waals surface area contributed by atoms with Crippen LogP contribution in [0.3, 0.4) is 0 Å². The van der Waals surface area contributed by atoms with Crippen molar-refractivity contribution in [2.24, 2.45) is 0 Å². The number of benzene rings is 1. The van der Waals surface area contributed by atoms with Gasteiger partial charge in [0, 0.05) is 69.0 Å². The van der Waals surface area contributed by atoms with E-state index in [1.54, 1.807) is 4.90 Å². The van der Waals surface area contributed by atoms with E-state index in [2.05, 4.69) is 23.3 Å². The predicted octanol–water partition coefficient (Wildman–Crippen LogP) is 3.27. The first-order chi connectivity index (χ1) is 15.9. The Morgan fingerprint density at radius 1 is 1.15 bits per heavy atom. The van der Waals surface area contributed by atoms with Gasteiger partial charge in [-0.15, -0.1) is 0 Å². The highest BCUT2D eigenvalue weighted by Gasteiger charge is 2.31. The zero-order chi connectivity index (χ0) is 23.1. The number of likely N-dealkylation sites (tertiary alicyclic amines) is 2. The normalized spacial score (nSPS) is 19.5. The van der Waals surface area contributed by atoms with E-state index in [-0.39, 0.29) is 23.7 Å². The van der Waals surface area contributed by atoms with Crippen LogP contribution in [0.25, 0.3) is 10.9 Å². The van der Waals surface area contributed by atoms with Crippen LogP contribution in [0.5, 0.6) is 0 Å². The van der Waals surface area contributed by atoms with Gasteiger partial charge in [0.05, 0.1) is 5.69 Å². The molecule has 2 aliphatic heterocycles. The van der Waals surface area contributed by atoms with Gasteiger partial charge in [0.15, 0.2) is 0 Å². The molecule has 2 aliphatic rings. The van der Waals surface area contributed by atoms with E-state index in [0.717, 1.165) is 46.6 Å². The van der Waals surface area contributed by atoms with Crippen LogP contribution >= 0.6 is 0 Å². The number of carbonyl (C=O) groups excluding carboxylic acids is 2. The summed E-state index contributed by atoms with van der Waals surface area (Å²) in [6.45, 7) is 4.09. The van der Waals surface area contributed by atoms with Crippen LogP contribution < -0.4 is 5.32 Å². The summed E-state index contributed by atoms with van der Waals surface area (Å²) >= 11 is 0. The number of H-pyrrole nitrogens is 1. The Morgan fingerprint density at radius 2 is 1.94 bits per heavy atom. The van der Waals surface area contributed by atoms with E-state index in [0.29, 0.717) is 31.7 Å². The van der Waals surface area contributed by atoms with Gasteiger partial charge in [-0.2, -0.15) is 0 Å². The number of aromatic amines is 1. The summed E-state index contributed by atoms with van der Waals surface area (Å²) < 4.78 is 0. The Hall–Kier alpha value is -3.42. The number of rotatable bonds is 4. The molecule has 33 heavy (non-hydrogen) atoms. The van der Waals surface area contributed by atoms with Gasteiger partial charge in [-0.05, 0) is 37.5 Å². The summed E-state index contributed by atoms with van der Waals surface area (Å²) in [7, 11) is 3.69. The molecule has 4 heterocycles. The second-order valence-corrected chi connectivity index (χ2v) is 9.25. The molecular formula is C25H30N6O2. The lowest BCUT2D eigenvalue weighted by Gasteiger charge is -2.31. The van der Waals surface area contributed by atoms with Crippen LogP contribution in [0.15, 0.2) is 30.3 Å². The second kappa shape index (κ2) is 8.50. The van der Waals surface area contributed by atoms with Crippen molar-refractivity contribution >= 4 is 28.5 Å². The van der Waals surface area contributed by atoms with Gasteiger partial charge in [0.1, 0.15) is 17.3 Å². The number of amides is 2. The molecule has 172 valence electrons. The first-order valence-electron chi connectivity index (χ1n) is 11.6. The molecule has 3 aromatic rings. The van der Waals surface area contributed by atoms with Gasteiger partial charge in [-0.25, -0.2) is 9.97 Å². The van der Waals surface area contributed by atoms with Crippen molar-refractivity contribution in [2.45, 2.75) is 38.0 Å². The lowest BCUT2D eigenvalue weighted by atomic mass is 9.95. The minimum absolute atomic E-state index is 0.0436. The Balaban J connectivity index is 1.30. The van der Waals surface area contributed by atoms with E-state index in [4.69, 9.17) is 9.97 Å². The molecule has 2 saturated heterocycles. The number of piperidine rings is 1. The summed E-state index contributed by atoms with van der Waals surface area (Å²) in [5.74, 6) is 2.09. The molecule has 0 radical (unpaired) electrons. The average Bonchev–Trinajstić information content (AvgIpc) is 3.42. The molecule has 1 aromatic carbocycles. The predicted molar refractivity (Wildman–Crippen MR) is 127 cm³/mol. The second-order valence-electron chi connectivity index (χ2n) is 9.25. The standard InChI is InChI=1S/C25H30N6O2/c1-15-5-4-6-19-18(15)12-21(27-19)25(33)31-9-7-16(8-10-31)24-28-20(13-22(26-2)29-24)17-11-23(32)30(3)14-17/h4-6,12-13,16-17,27H,7-11,14H2,1-3H3,(H,26,28,29). The van der Waals surface area contributed by atoms with Crippen LogP contribution in [0.1, 0.15) is 58.7 Å². The molecule has 2 N–H and O–H groups in total. The third-order valence-electron chi connectivity index (χ3n) is 7.04. The van der Waals surface area contributed by atoms with Crippen molar-refractivity contribution in [3.8, 4) is 0 Å². The van der Waals surface area contributed by atoms with Crippen molar-refractivity contribution < 1.29 is 9.59 Å².